The molecule has 0 saturated heterocycles. The van der Waals surface area contributed by atoms with E-state index in [9.17, 15) is 4.79 Å². The van der Waals surface area contributed by atoms with Gasteiger partial charge in [0.15, 0.2) is 5.78 Å². The Morgan fingerprint density at radius 3 is 2.58 bits per heavy atom. The Kier molecular flexibility index (Phi) is 3.38. The van der Waals surface area contributed by atoms with E-state index in [0.29, 0.717) is 6.42 Å². The normalized spacial score (nSPS) is 14.4. The molecule has 2 nitrogen and oxygen atoms in total. The second-order valence-corrected chi connectivity index (χ2v) is 5.65. The summed E-state index contributed by atoms with van der Waals surface area (Å²) in [4.78, 5) is 14.2. The first-order chi connectivity index (χ1) is 9.24. The van der Waals surface area contributed by atoms with Crippen molar-refractivity contribution in [2.24, 2.45) is 0 Å². The SMILES string of the molecule is O=C1CCN(Cc2ccc(Br)cc2)c2ccccc21. The maximum Gasteiger partial charge on any atom is 0.166 e. The van der Waals surface area contributed by atoms with Crippen molar-refractivity contribution in [3.63, 3.8) is 0 Å². The summed E-state index contributed by atoms with van der Waals surface area (Å²) in [7, 11) is 0. The second kappa shape index (κ2) is 5.17. The number of carbonyl (C=O) groups is 1. The van der Waals surface area contributed by atoms with Gasteiger partial charge in [0.05, 0.1) is 0 Å². The maximum atomic E-state index is 11.9. The topological polar surface area (TPSA) is 20.3 Å². The highest BCUT2D eigenvalue weighted by Gasteiger charge is 2.22. The molecule has 0 amide bonds. The van der Waals surface area contributed by atoms with E-state index in [-0.39, 0.29) is 5.78 Å². The van der Waals surface area contributed by atoms with Gasteiger partial charge in [-0.15, -0.1) is 0 Å². The largest absolute Gasteiger partial charge is 0.366 e. The van der Waals surface area contributed by atoms with Crippen LogP contribution in [0.3, 0.4) is 0 Å². The highest BCUT2D eigenvalue weighted by atomic mass is 79.9. The van der Waals surface area contributed by atoms with Crippen molar-refractivity contribution in [1.29, 1.82) is 0 Å². The summed E-state index contributed by atoms with van der Waals surface area (Å²) < 4.78 is 1.09. The van der Waals surface area contributed by atoms with Gasteiger partial charge in [0.1, 0.15) is 0 Å². The number of anilines is 1. The lowest BCUT2D eigenvalue weighted by Gasteiger charge is -2.30. The van der Waals surface area contributed by atoms with Crippen LogP contribution < -0.4 is 4.90 Å². The summed E-state index contributed by atoms with van der Waals surface area (Å²) in [5.41, 5.74) is 3.17. The molecule has 0 atom stereocenters. The van der Waals surface area contributed by atoms with Crippen LogP contribution in [0.4, 0.5) is 5.69 Å². The van der Waals surface area contributed by atoms with Crippen molar-refractivity contribution < 1.29 is 4.79 Å². The first kappa shape index (κ1) is 12.4. The standard InChI is InChI=1S/C16H14BrNO/c17-13-7-5-12(6-8-13)11-18-10-9-16(19)14-3-1-2-4-15(14)18/h1-8H,9-11H2. The lowest BCUT2D eigenvalue weighted by molar-refractivity contribution is 0.0979. The molecule has 0 unspecified atom stereocenters. The third-order valence-corrected chi connectivity index (χ3v) is 3.97. The minimum atomic E-state index is 0.252. The molecule has 1 aliphatic rings. The number of ketones is 1. The van der Waals surface area contributed by atoms with Gasteiger partial charge in [0.25, 0.3) is 0 Å². The molecule has 3 rings (SSSR count). The van der Waals surface area contributed by atoms with E-state index >= 15 is 0 Å². The monoisotopic (exact) mass is 315 g/mol. The van der Waals surface area contributed by atoms with Gasteiger partial charge in [-0.1, -0.05) is 40.2 Å². The van der Waals surface area contributed by atoms with Crippen LogP contribution in [0.5, 0.6) is 0 Å². The van der Waals surface area contributed by atoms with E-state index in [4.69, 9.17) is 0 Å². The van der Waals surface area contributed by atoms with Crippen molar-refractivity contribution in [3.8, 4) is 0 Å². The third-order valence-electron chi connectivity index (χ3n) is 3.44. The number of hydrogen-bond acceptors (Lipinski definition) is 2. The van der Waals surface area contributed by atoms with E-state index in [1.54, 1.807) is 0 Å². The van der Waals surface area contributed by atoms with E-state index < -0.39 is 0 Å². The van der Waals surface area contributed by atoms with E-state index in [1.807, 2.05) is 24.3 Å². The van der Waals surface area contributed by atoms with Gasteiger partial charge >= 0.3 is 0 Å². The molecule has 0 fully saturated rings. The Morgan fingerprint density at radius 2 is 1.79 bits per heavy atom. The van der Waals surface area contributed by atoms with Crippen LogP contribution in [0.25, 0.3) is 0 Å². The van der Waals surface area contributed by atoms with Gasteiger partial charge in [-0.3, -0.25) is 4.79 Å². The number of carbonyl (C=O) groups excluding carboxylic acids is 1. The molecule has 0 bridgehead atoms. The number of hydrogen-bond donors (Lipinski definition) is 0. The average Bonchev–Trinajstić information content (AvgIpc) is 2.45. The second-order valence-electron chi connectivity index (χ2n) is 4.74. The molecule has 1 aliphatic heterocycles. The van der Waals surface area contributed by atoms with Gasteiger partial charge in [-0.05, 0) is 29.8 Å². The lowest BCUT2D eigenvalue weighted by Crippen LogP contribution is -2.31. The molecular weight excluding hydrogens is 302 g/mol. The molecule has 0 spiro atoms. The highest BCUT2D eigenvalue weighted by molar-refractivity contribution is 9.10. The zero-order chi connectivity index (χ0) is 13.2. The zero-order valence-electron chi connectivity index (χ0n) is 10.5. The van der Waals surface area contributed by atoms with Crippen molar-refractivity contribution in [2.75, 3.05) is 11.4 Å². The molecule has 2 aromatic carbocycles. The van der Waals surface area contributed by atoms with Gasteiger partial charge in [-0.25, -0.2) is 0 Å². The molecule has 19 heavy (non-hydrogen) atoms. The predicted octanol–water partition coefficient (Wildman–Crippen LogP) is 4.04. The fourth-order valence-electron chi connectivity index (χ4n) is 2.45. The smallest absolute Gasteiger partial charge is 0.166 e. The molecule has 0 radical (unpaired) electrons. The number of para-hydroxylation sites is 1. The number of Topliss-reactive ketones (excluding diaryl/α,β-unsaturated/α-hetero) is 1. The first-order valence-corrected chi connectivity index (χ1v) is 7.15. The number of rotatable bonds is 2. The fraction of sp³-hybridized carbons (Fsp3) is 0.188. The van der Waals surface area contributed by atoms with Gasteiger partial charge < -0.3 is 4.90 Å². The van der Waals surface area contributed by atoms with Crippen molar-refractivity contribution in [3.05, 3.63) is 64.1 Å². The van der Waals surface area contributed by atoms with Gasteiger partial charge in [-0.2, -0.15) is 0 Å². The molecule has 96 valence electrons. The summed E-state index contributed by atoms with van der Waals surface area (Å²) in [5, 5.41) is 0. The quantitative estimate of drug-likeness (QED) is 0.833. The van der Waals surface area contributed by atoms with Crippen LogP contribution in [0.2, 0.25) is 0 Å². The number of benzene rings is 2. The van der Waals surface area contributed by atoms with Crippen LogP contribution in [0.1, 0.15) is 22.3 Å². The summed E-state index contributed by atoms with van der Waals surface area (Å²) in [6.07, 6.45) is 0.605. The van der Waals surface area contributed by atoms with E-state index in [0.717, 1.165) is 28.8 Å². The van der Waals surface area contributed by atoms with Crippen LogP contribution >= 0.6 is 15.9 Å². The molecule has 0 saturated carbocycles. The minimum Gasteiger partial charge on any atom is -0.366 e. The Labute approximate surface area is 121 Å². The van der Waals surface area contributed by atoms with Gasteiger partial charge in [0.2, 0.25) is 0 Å². The van der Waals surface area contributed by atoms with Crippen LogP contribution in [-0.2, 0) is 6.54 Å². The van der Waals surface area contributed by atoms with Crippen LogP contribution in [0, 0.1) is 0 Å². The van der Waals surface area contributed by atoms with Crippen molar-refractivity contribution in [2.45, 2.75) is 13.0 Å². The Balaban J connectivity index is 1.88. The molecule has 1 heterocycles. The summed E-state index contributed by atoms with van der Waals surface area (Å²) >= 11 is 3.45. The molecule has 0 aliphatic carbocycles. The molecule has 2 aromatic rings. The van der Waals surface area contributed by atoms with Crippen LogP contribution in [0.15, 0.2) is 53.0 Å². The van der Waals surface area contributed by atoms with E-state index in [2.05, 4.69) is 45.1 Å². The average molecular weight is 316 g/mol. The van der Waals surface area contributed by atoms with E-state index in [1.165, 1.54) is 5.56 Å². The van der Waals surface area contributed by atoms with Crippen LogP contribution in [-0.4, -0.2) is 12.3 Å². The Morgan fingerprint density at radius 1 is 1.05 bits per heavy atom. The first-order valence-electron chi connectivity index (χ1n) is 6.35. The summed E-state index contributed by atoms with van der Waals surface area (Å²) in [5.74, 6) is 0.252. The fourth-order valence-corrected chi connectivity index (χ4v) is 2.72. The Bertz CT molecular complexity index is 606. The molecule has 3 heteroatoms. The summed E-state index contributed by atoms with van der Waals surface area (Å²) in [6, 6.07) is 16.2. The van der Waals surface area contributed by atoms with Gasteiger partial charge in [0, 0.05) is 35.2 Å². The zero-order valence-corrected chi connectivity index (χ0v) is 12.1. The molecule has 0 N–H and O–H groups in total. The minimum absolute atomic E-state index is 0.252. The number of fused-ring (bicyclic) bond motifs is 1. The molecule has 0 aromatic heterocycles. The van der Waals surface area contributed by atoms with Crippen molar-refractivity contribution >= 4 is 27.4 Å². The number of halogens is 1. The Hall–Kier alpha value is -1.61. The lowest BCUT2D eigenvalue weighted by atomic mass is 10.00. The van der Waals surface area contributed by atoms with Crippen molar-refractivity contribution in [1.82, 2.24) is 0 Å². The molecular formula is C16H14BrNO. The number of nitrogens with zero attached hydrogens (tertiary/aromatic N) is 1. The maximum absolute atomic E-state index is 11.9. The predicted molar refractivity (Wildman–Crippen MR) is 80.6 cm³/mol. The highest BCUT2D eigenvalue weighted by Crippen LogP contribution is 2.28. The third kappa shape index (κ3) is 2.56. The summed E-state index contributed by atoms with van der Waals surface area (Å²) in [6.45, 7) is 1.64.